The van der Waals surface area contributed by atoms with Gasteiger partial charge in [0.1, 0.15) is 11.4 Å². The number of aryl methyl sites for hydroxylation is 1. The molecule has 24 heavy (non-hydrogen) atoms. The van der Waals surface area contributed by atoms with Crippen LogP contribution < -0.4 is 14.8 Å². The van der Waals surface area contributed by atoms with Crippen LogP contribution >= 0.6 is 0 Å². The van der Waals surface area contributed by atoms with E-state index in [1.807, 2.05) is 40.7 Å². The van der Waals surface area contributed by atoms with Crippen LogP contribution in [0, 0.1) is 0 Å². The van der Waals surface area contributed by atoms with Gasteiger partial charge in [0.15, 0.2) is 0 Å². The zero-order chi connectivity index (χ0) is 18.3. The number of hydrogen-bond donors (Lipinski definition) is 1. The third-order valence-electron chi connectivity index (χ3n) is 3.55. The van der Waals surface area contributed by atoms with E-state index >= 15 is 0 Å². The lowest BCUT2D eigenvalue weighted by atomic mass is 10.1. The third-order valence-corrected chi connectivity index (χ3v) is 3.55. The van der Waals surface area contributed by atoms with Crippen molar-refractivity contribution in [3.05, 3.63) is 17.3 Å². The second kappa shape index (κ2) is 8.76. The van der Waals surface area contributed by atoms with Crippen LogP contribution in [0.3, 0.4) is 0 Å². The molecule has 6 heteroatoms. The predicted octanol–water partition coefficient (Wildman–Crippen LogP) is 3.51. The van der Waals surface area contributed by atoms with Crippen LogP contribution in [0.4, 0.5) is 4.79 Å². The van der Waals surface area contributed by atoms with Crippen LogP contribution in [0.5, 0.6) is 11.6 Å². The van der Waals surface area contributed by atoms with Crippen LogP contribution in [-0.2, 0) is 17.6 Å². The Labute approximate surface area is 144 Å². The molecule has 1 aromatic rings. The molecule has 0 fully saturated rings. The molecule has 0 aliphatic carbocycles. The van der Waals surface area contributed by atoms with Gasteiger partial charge in [-0.25, -0.2) is 9.78 Å². The number of amides is 1. The molecule has 1 N–H and O–H groups in total. The summed E-state index contributed by atoms with van der Waals surface area (Å²) in [7, 11) is 3.22. The van der Waals surface area contributed by atoms with E-state index in [1.165, 1.54) is 0 Å². The zero-order valence-corrected chi connectivity index (χ0v) is 15.9. The minimum absolute atomic E-state index is 0.0987. The first kappa shape index (κ1) is 20.1. The summed E-state index contributed by atoms with van der Waals surface area (Å²) in [5, 5.41) is 2.89. The molecule has 0 aliphatic heterocycles. The molecule has 0 radical (unpaired) electrons. The van der Waals surface area contributed by atoms with Crippen molar-refractivity contribution in [3.8, 4) is 11.6 Å². The molecular formula is C18H30N2O4. The largest absolute Gasteiger partial charge is 0.495 e. The van der Waals surface area contributed by atoms with Gasteiger partial charge in [-0.1, -0.05) is 13.8 Å². The van der Waals surface area contributed by atoms with Gasteiger partial charge in [0.25, 0.3) is 0 Å². The molecule has 1 heterocycles. The Morgan fingerprint density at radius 2 is 1.92 bits per heavy atom. The summed E-state index contributed by atoms with van der Waals surface area (Å²) in [6, 6.07) is 1.85. The molecule has 0 aliphatic rings. The second-order valence-corrected chi connectivity index (χ2v) is 6.61. The predicted molar refractivity (Wildman–Crippen MR) is 93.9 cm³/mol. The molecule has 136 valence electrons. The molecule has 0 saturated carbocycles. The molecule has 1 amide bonds. The lowest BCUT2D eigenvalue weighted by Gasteiger charge is -2.23. The van der Waals surface area contributed by atoms with Crippen molar-refractivity contribution in [2.45, 2.75) is 65.5 Å². The minimum atomic E-state index is -0.524. The number of carbonyl (C=O) groups is 1. The molecule has 1 rings (SSSR count). The highest BCUT2D eigenvalue weighted by atomic mass is 16.6. The lowest BCUT2D eigenvalue weighted by Crippen LogP contribution is -2.40. The summed E-state index contributed by atoms with van der Waals surface area (Å²) in [6.45, 7) is 9.56. The summed E-state index contributed by atoms with van der Waals surface area (Å²) >= 11 is 0. The maximum atomic E-state index is 12.0. The Balaban J connectivity index is 2.93. The standard InChI is InChI=1S/C18H30N2O4/c1-8-12-10-15(22-6)14(20-16(12)23-7)11-13(9-2)19-17(21)24-18(3,4)5/h10,13H,8-9,11H2,1-7H3,(H,19,21). The van der Waals surface area contributed by atoms with E-state index in [0.717, 1.165) is 24.1 Å². The highest BCUT2D eigenvalue weighted by Crippen LogP contribution is 2.27. The van der Waals surface area contributed by atoms with Gasteiger partial charge in [0, 0.05) is 18.0 Å². The Bertz CT molecular complexity index is 553. The number of carbonyl (C=O) groups excluding carboxylic acids is 1. The van der Waals surface area contributed by atoms with Crippen LogP contribution in [0.2, 0.25) is 0 Å². The van der Waals surface area contributed by atoms with Gasteiger partial charge in [-0.3, -0.25) is 0 Å². The molecule has 1 unspecified atom stereocenters. The van der Waals surface area contributed by atoms with E-state index in [9.17, 15) is 4.79 Å². The van der Waals surface area contributed by atoms with Crippen LogP contribution in [0.15, 0.2) is 6.07 Å². The molecule has 0 bridgehead atoms. The van der Waals surface area contributed by atoms with Crippen molar-refractivity contribution in [1.29, 1.82) is 0 Å². The van der Waals surface area contributed by atoms with E-state index in [4.69, 9.17) is 14.2 Å². The summed E-state index contributed by atoms with van der Waals surface area (Å²) < 4.78 is 16.1. The fraction of sp³-hybridized carbons (Fsp3) is 0.667. The van der Waals surface area contributed by atoms with Gasteiger partial charge < -0.3 is 19.5 Å². The van der Waals surface area contributed by atoms with Crippen LogP contribution in [0.1, 0.15) is 52.3 Å². The molecule has 1 atom stereocenters. The Kier molecular flexibility index (Phi) is 7.32. The number of hydrogen-bond acceptors (Lipinski definition) is 5. The first-order valence-corrected chi connectivity index (χ1v) is 8.34. The van der Waals surface area contributed by atoms with Crippen molar-refractivity contribution in [1.82, 2.24) is 10.3 Å². The van der Waals surface area contributed by atoms with Gasteiger partial charge in [-0.05, 0) is 39.7 Å². The van der Waals surface area contributed by atoms with Crippen molar-refractivity contribution in [2.24, 2.45) is 0 Å². The monoisotopic (exact) mass is 338 g/mol. The summed E-state index contributed by atoms with van der Waals surface area (Å²) in [5.41, 5.74) is 1.23. The number of alkyl carbamates (subject to hydrolysis) is 1. The molecule has 0 spiro atoms. The smallest absolute Gasteiger partial charge is 0.407 e. The van der Waals surface area contributed by atoms with E-state index in [-0.39, 0.29) is 6.04 Å². The topological polar surface area (TPSA) is 69.7 Å². The fourth-order valence-electron chi connectivity index (χ4n) is 2.31. The average Bonchev–Trinajstić information content (AvgIpc) is 2.51. The fourth-order valence-corrected chi connectivity index (χ4v) is 2.31. The Morgan fingerprint density at radius 3 is 2.38 bits per heavy atom. The van der Waals surface area contributed by atoms with E-state index in [1.54, 1.807) is 14.2 Å². The highest BCUT2D eigenvalue weighted by molar-refractivity contribution is 5.68. The molecule has 0 saturated heterocycles. The first-order valence-electron chi connectivity index (χ1n) is 8.34. The van der Waals surface area contributed by atoms with Crippen molar-refractivity contribution in [3.63, 3.8) is 0 Å². The highest BCUT2D eigenvalue weighted by Gasteiger charge is 2.21. The molecular weight excluding hydrogens is 308 g/mol. The first-order chi connectivity index (χ1) is 11.2. The molecule has 0 aromatic carbocycles. The third kappa shape index (κ3) is 5.91. The number of aromatic nitrogens is 1. The van der Waals surface area contributed by atoms with Crippen LogP contribution in [0.25, 0.3) is 0 Å². The second-order valence-electron chi connectivity index (χ2n) is 6.61. The van der Waals surface area contributed by atoms with Crippen molar-refractivity contribution >= 4 is 6.09 Å². The number of ether oxygens (including phenoxy) is 3. The van der Waals surface area contributed by atoms with E-state index < -0.39 is 11.7 Å². The normalized spacial score (nSPS) is 12.5. The van der Waals surface area contributed by atoms with Gasteiger partial charge in [0.05, 0.1) is 19.9 Å². The zero-order valence-electron chi connectivity index (χ0n) is 15.9. The summed E-state index contributed by atoms with van der Waals surface area (Å²) in [6.07, 6.45) is 1.67. The van der Waals surface area contributed by atoms with Gasteiger partial charge in [0.2, 0.25) is 5.88 Å². The average molecular weight is 338 g/mol. The maximum Gasteiger partial charge on any atom is 0.407 e. The number of nitrogens with one attached hydrogen (secondary N) is 1. The summed E-state index contributed by atoms with van der Waals surface area (Å²) in [5.74, 6) is 1.30. The quantitative estimate of drug-likeness (QED) is 0.824. The minimum Gasteiger partial charge on any atom is -0.495 e. The Morgan fingerprint density at radius 1 is 1.25 bits per heavy atom. The summed E-state index contributed by atoms with van der Waals surface area (Å²) in [4.78, 5) is 16.5. The Hall–Kier alpha value is -1.98. The van der Waals surface area contributed by atoms with Gasteiger partial charge in [-0.15, -0.1) is 0 Å². The number of rotatable bonds is 7. The lowest BCUT2D eigenvalue weighted by molar-refractivity contribution is 0.0502. The van der Waals surface area contributed by atoms with E-state index in [2.05, 4.69) is 10.3 Å². The van der Waals surface area contributed by atoms with Crippen molar-refractivity contribution in [2.75, 3.05) is 14.2 Å². The van der Waals surface area contributed by atoms with Gasteiger partial charge in [-0.2, -0.15) is 0 Å². The number of nitrogens with zero attached hydrogens (tertiary/aromatic N) is 1. The van der Waals surface area contributed by atoms with Crippen molar-refractivity contribution < 1.29 is 19.0 Å². The molecule has 1 aromatic heterocycles. The van der Waals surface area contributed by atoms with E-state index in [0.29, 0.717) is 18.1 Å². The SMILES string of the molecule is CCc1cc(OC)c(CC(CC)NC(=O)OC(C)(C)C)nc1OC. The number of methoxy groups -OCH3 is 2. The van der Waals surface area contributed by atoms with Crippen LogP contribution in [-0.4, -0.2) is 36.9 Å². The maximum absolute atomic E-state index is 12.0. The van der Waals surface area contributed by atoms with Gasteiger partial charge >= 0.3 is 6.09 Å². The number of pyridine rings is 1. The molecule has 6 nitrogen and oxygen atoms in total.